The molecule has 0 aliphatic carbocycles. The number of primary amides is 1. The van der Waals surface area contributed by atoms with Crippen molar-refractivity contribution in [3.05, 3.63) is 61.5 Å². The lowest BCUT2D eigenvalue weighted by Crippen LogP contribution is -2.38. The SMILES string of the molecule is Cn1c(=O)c2c(nc(CN3CCC(C(N)=O)CC3)n2Cc2ccc(Cl)cc2)n(C)c1=O. The van der Waals surface area contributed by atoms with Gasteiger partial charge in [0.05, 0.1) is 6.54 Å². The average molecular weight is 445 g/mol. The zero-order valence-corrected chi connectivity index (χ0v) is 18.3. The molecule has 0 atom stereocenters. The van der Waals surface area contributed by atoms with Crippen LogP contribution in [0, 0.1) is 5.92 Å². The minimum atomic E-state index is -0.414. The number of benzene rings is 1. The van der Waals surface area contributed by atoms with Crippen LogP contribution in [0.1, 0.15) is 24.2 Å². The third-order valence-electron chi connectivity index (χ3n) is 6.04. The molecule has 4 rings (SSSR count). The molecule has 1 aromatic carbocycles. The van der Waals surface area contributed by atoms with E-state index in [9.17, 15) is 14.4 Å². The van der Waals surface area contributed by atoms with Crippen LogP contribution in [0.5, 0.6) is 0 Å². The van der Waals surface area contributed by atoms with Crippen molar-refractivity contribution in [3.8, 4) is 0 Å². The molecule has 1 amide bonds. The van der Waals surface area contributed by atoms with E-state index < -0.39 is 5.69 Å². The molecule has 1 fully saturated rings. The Bertz CT molecular complexity index is 1250. The summed E-state index contributed by atoms with van der Waals surface area (Å²) >= 11 is 6.02. The topological polar surface area (TPSA) is 108 Å². The first-order valence-corrected chi connectivity index (χ1v) is 10.5. The van der Waals surface area contributed by atoms with Crippen molar-refractivity contribution < 1.29 is 4.79 Å². The molecule has 1 saturated heterocycles. The summed E-state index contributed by atoms with van der Waals surface area (Å²) in [5.41, 5.74) is 6.38. The van der Waals surface area contributed by atoms with Crippen LogP contribution in [0.4, 0.5) is 0 Å². The van der Waals surface area contributed by atoms with E-state index in [-0.39, 0.29) is 17.4 Å². The lowest BCUT2D eigenvalue weighted by atomic mass is 9.96. The molecule has 1 aliphatic rings. The first kappa shape index (κ1) is 21.3. The highest BCUT2D eigenvalue weighted by atomic mass is 35.5. The van der Waals surface area contributed by atoms with Gasteiger partial charge in [-0.3, -0.25) is 23.6 Å². The van der Waals surface area contributed by atoms with Gasteiger partial charge in [0.15, 0.2) is 11.2 Å². The van der Waals surface area contributed by atoms with Crippen LogP contribution in [0.2, 0.25) is 5.02 Å². The normalized spacial score (nSPS) is 15.6. The number of aryl methyl sites for hydroxylation is 1. The van der Waals surface area contributed by atoms with E-state index in [0.29, 0.717) is 61.0 Å². The number of fused-ring (bicyclic) bond motifs is 1. The summed E-state index contributed by atoms with van der Waals surface area (Å²) in [4.78, 5) is 43.8. The van der Waals surface area contributed by atoms with Crippen molar-refractivity contribution in [1.29, 1.82) is 0 Å². The van der Waals surface area contributed by atoms with Gasteiger partial charge in [-0.1, -0.05) is 23.7 Å². The number of aromatic nitrogens is 4. The number of halogens is 1. The van der Waals surface area contributed by atoms with E-state index in [1.807, 2.05) is 16.7 Å². The van der Waals surface area contributed by atoms with Crippen LogP contribution in [0.15, 0.2) is 33.9 Å². The Kier molecular flexibility index (Phi) is 5.72. The van der Waals surface area contributed by atoms with Crippen LogP contribution < -0.4 is 17.0 Å². The smallest absolute Gasteiger partial charge is 0.332 e. The highest BCUT2D eigenvalue weighted by molar-refractivity contribution is 6.30. The summed E-state index contributed by atoms with van der Waals surface area (Å²) in [7, 11) is 3.09. The summed E-state index contributed by atoms with van der Waals surface area (Å²) in [6, 6.07) is 7.42. The van der Waals surface area contributed by atoms with Gasteiger partial charge in [-0.05, 0) is 43.6 Å². The van der Waals surface area contributed by atoms with E-state index >= 15 is 0 Å². The highest BCUT2D eigenvalue weighted by Gasteiger charge is 2.26. The van der Waals surface area contributed by atoms with Gasteiger partial charge >= 0.3 is 5.69 Å². The Labute approximate surface area is 183 Å². The molecule has 1 aliphatic heterocycles. The fraction of sp³-hybridized carbons (Fsp3) is 0.429. The first-order valence-electron chi connectivity index (χ1n) is 10.2. The molecule has 3 heterocycles. The van der Waals surface area contributed by atoms with Gasteiger partial charge in [0.2, 0.25) is 5.91 Å². The minimum Gasteiger partial charge on any atom is -0.369 e. The molecule has 2 N–H and O–H groups in total. The van der Waals surface area contributed by atoms with Crippen molar-refractivity contribution in [2.45, 2.75) is 25.9 Å². The Morgan fingerprint density at radius 1 is 1.10 bits per heavy atom. The Hall–Kier alpha value is -2.91. The lowest BCUT2D eigenvalue weighted by molar-refractivity contribution is -0.123. The summed E-state index contributed by atoms with van der Waals surface area (Å²) in [6.07, 6.45) is 1.40. The van der Waals surface area contributed by atoms with Gasteiger partial charge in [0.25, 0.3) is 5.56 Å². The Balaban J connectivity index is 1.76. The monoisotopic (exact) mass is 444 g/mol. The number of carbonyl (C=O) groups excluding carboxylic acids is 1. The van der Waals surface area contributed by atoms with Gasteiger partial charge in [-0.25, -0.2) is 9.78 Å². The summed E-state index contributed by atoms with van der Waals surface area (Å²) in [5, 5.41) is 0.634. The van der Waals surface area contributed by atoms with Crippen molar-refractivity contribution in [2.75, 3.05) is 13.1 Å². The number of rotatable bonds is 5. The number of hydrogen-bond acceptors (Lipinski definition) is 5. The van der Waals surface area contributed by atoms with E-state index in [1.54, 1.807) is 19.2 Å². The number of likely N-dealkylation sites (tertiary alicyclic amines) is 1. The van der Waals surface area contributed by atoms with Gasteiger partial charge in [0.1, 0.15) is 5.82 Å². The fourth-order valence-electron chi connectivity index (χ4n) is 4.13. The maximum atomic E-state index is 13.0. The molecule has 2 aromatic heterocycles. The number of piperidine rings is 1. The summed E-state index contributed by atoms with van der Waals surface area (Å²) in [6.45, 7) is 2.36. The molecule has 0 unspecified atom stereocenters. The van der Waals surface area contributed by atoms with E-state index in [2.05, 4.69) is 4.90 Å². The standard InChI is InChI=1S/C21H25ClN6O3/c1-25-19-17(20(30)26(2)21(25)31)28(11-13-3-5-15(22)6-4-13)16(24-19)12-27-9-7-14(8-10-27)18(23)29/h3-6,14H,7-12H2,1-2H3,(H2,23,29). The summed E-state index contributed by atoms with van der Waals surface area (Å²) < 4.78 is 4.38. The third-order valence-corrected chi connectivity index (χ3v) is 6.29. The average Bonchev–Trinajstić information content (AvgIpc) is 3.10. The largest absolute Gasteiger partial charge is 0.369 e. The fourth-order valence-corrected chi connectivity index (χ4v) is 4.26. The van der Waals surface area contributed by atoms with Gasteiger partial charge in [-0.15, -0.1) is 0 Å². The van der Waals surface area contributed by atoms with Gasteiger partial charge in [-0.2, -0.15) is 0 Å². The van der Waals surface area contributed by atoms with Crippen LogP contribution >= 0.6 is 11.6 Å². The molecular formula is C21H25ClN6O3. The van der Waals surface area contributed by atoms with E-state index in [0.717, 1.165) is 10.1 Å². The second-order valence-corrected chi connectivity index (χ2v) is 8.51. The maximum Gasteiger partial charge on any atom is 0.332 e. The number of imidazole rings is 1. The molecule has 3 aromatic rings. The molecular weight excluding hydrogens is 420 g/mol. The zero-order chi connectivity index (χ0) is 22.3. The third kappa shape index (κ3) is 4.03. The molecule has 9 nitrogen and oxygen atoms in total. The number of nitrogens with zero attached hydrogens (tertiary/aromatic N) is 5. The number of hydrogen-bond donors (Lipinski definition) is 1. The van der Waals surface area contributed by atoms with Gasteiger partial charge < -0.3 is 10.3 Å². The predicted octanol–water partition coefficient (Wildman–Crippen LogP) is 0.833. The molecule has 0 radical (unpaired) electrons. The van der Waals surface area contributed by atoms with Crippen LogP contribution in [0.25, 0.3) is 11.2 Å². The molecule has 10 heteroatoms. The van der Waals surface area contributed by atoms with Gasteiger partial charge in [0, 0.05) is 31.6 Å². The molecule has 31 heavy (non-hydrogen) atoms. The Morgan fingerprint density at radius 3 is 2.35 bits per heavy atom. The van der Waals surface area contributed by atoms with Crippen molar-refractivity contribution in [3.63, 3.8) is 0 Å². The second-order valence-electron chi connectivity index (χ2n) is 8.07. The van der Waals surface area contributed by atoms with Crippen LogP contribution in [0.3, 0.4) is 0 Å². The quantitative estimate of drug-likeness (QED) is 0.627. The van der Waals surface area contributed by atoms with Crippen molar-refractivity contribution >= 4 is 28.7 Å². The zero-order valence-electron chi connectivity index (χ0n) is 17.5. The van der Waals surface area contributed by atoms with E-state index in [1.165, 1.54) is 11.6 Å². The van der Waals surface area contributed by atoms with Crippen LogP contribution in [-0.4, -0.2) is 42.6 Å². The van der Waals surface area contributed by atoms with E-state index in [4.69, 9.17) is 22.3 Å². The molecule has 0 spiro atoms. The summed E-state index contributed by atoms with van der Waals surface area (Å²) in [5.74, 6) is 0.339. The molecule has 0 saturated carbocycles. The molecule has 164 valence electrons. The second kappa shape index (κ2) is 8.32. The minimum absolute atomic E-state index is 0.0998. The number of carbonyl (C=O) groups is 1. The molecule has 0 bridgehead atoms. The predicted molar refractivity (Wildman–Crippen MR) is 118 cm³/mol. The van der Waals surface area contributed by atoms with Crippen molar-refractivity contribution in [1.82, 2.24) is 23.6 Å². The number of nitrogens with two attached hydrogens (primary N) is 1. The maximum absolute atomic E-state index is 13.0. The highest BCUT2D eigenvalue weighted by Crippen LogP contribution is 2.21. The first-order chi connectivity index (χ1) is 14.8. The van der Waals surface area contributed by atoms with Crippen LogP contribution in [-0.2, 0) is 32.0 Å². The Morgan fingerprint density at radius 2 is 1.74 bits per heavy atom. The number of amides is 1. The lowest BCUT2D eigenvalue weighted by Gasteiger charge is -2.30. The van der Waals surface area contributed by atoms with Crippen molar-refractivity contribution in [2.24, 2.45) is 25.7 Å².